The van der Waals surface area contributed by atoms with Crippen LogP contribution >= 0.6 is 77.4 Å². The van der Waals surface area contributed by atoms with Crippen molar-refractivity contribution in [2.75, 3.05) is 53.6 Å². The molecule has 0 aromatic rings. The predicted molar refractivity (Wildman–Crippen MR) is 144 cm³/mol. The molecule has 2 rings (SSSR count). The van der Waals surface area contributed by atoms with Gasteiger partial charge in [-0.3, -0.25) is 0 Å². The van der Waals surface area contributed by atoms with Crippen LogP contribution in [0.4, 0.5) is 0 Å². The van der Waals surface area contributed by atoms with Gasteiger partial charge in [0.05, 0.1) is 26.4 Å². The molecule has 0 spiro atoms. The van der Waals surface area contributed by atoms with E-state index in [0.29, 0.717) is 48.8 Å². The largest absolute Gasteiger partial charge is 0.693 e. The van der Waals surface area contributed by atoms with Gasteiger partial charge in [0.1, 0.15) is 0 Å². The summed E-state index contributed by atoms with van der Waals surface area (Å²) < 4.78 is 11.1. The van der Waals surface area contributed by atoms with E-state index in [0.717, 1.165) is 13.1 Å². The van der Waals surface area contributed by atoms with E-state index < -0.39 is 0 Å². The molecule has 0 unspecified atom stereocenters. The summed E-state index contributed by atoms with van der Waals surface area (Å²) in [5.74, 6) is 0. The fourth-order valence-corrected chi connectivity index (χ4v) is 1.93. The van der Waals surface area contributed by atoms with Crippen LogP contribution in [-0.4, -0.2) is 73.2 Å². The first kappa shape index (κ1) is 35.4. The molecule has 0 aromatic carbocycles. The Balaban J connectivity index is -0.000000696. The van der Waals surface area contributed by atoms with E-state index in [1.165, 1.54) is 0 Å². The second kappa shape index (κ2) is 26.1. The van der Waals surface area contributed by atoms with Crippen molar-refractivity contribution in [3.05, 3.63) is 50.4 Å². The monoisotopic (exact) mass is 1210 g/mol. The average Bonchev–Trinajstić information content (AvgIpc) is 3.20. The number of ether oxygens (including phenoxy) is 2. The normalized spacial score (nSPS) is 14.4. The SMILES string of the molecule is CN1C=CN(CCOCCOCCN2C=CN(C)[CH-]2)[CH-]1.[I][Pt+2][I].[I][Pt+2][I].[NH2-].[NH2-]. The Labute approximate surface area is 229 Å². The van der Waals surface area contributed by atoms with Crippen LogP contribution in [0.15, 0.2) is 24.8 Å². The van der Waals surface area contributed by atoms with Gasteiger partial charge in [-0.1, -0.05) is 0 Å². The number of nitrogens with two attached hydrogens (primary N) is 2. The Morgan fingerprint density at radius 2 is 1.00 bits per heavy atom. The van der Waals surface area contributed by atoms with Gasteiger partial charge in [-0.25, -0.2) is 0 Å². The number of hydrogen-bond acceptors (Lipinski definition) is 6. The van der Waals surface area contributed by atoms with Crippen LogP contribution < -0.4 is 0 Å². The van der Waals surface area contributed by atoms with Crippen molar-refractivity contribution in [2.24, 2.45) is 0 Å². The molecule has 0 aliphatic carbocycles. The fourth-order valence-electron chi connectivity index (χ4n) is 1.93. The molecule has 0 saturated carbocycles. The molecule has 174 valence electrons. The van der Waals surface area contributed by atoms with Crippen molar-refractivity contribution in [3.8, 4) is 0 Å². The Kier molecular flexibility index (Phi) is 33.0. The smallest absolute Gasteiger partial charge is 0.693 e. The van der Waals surface area contributed by atoms with Crippen molar-refractivity contribution in [1.29, 1.82) is 0 Å². The van der Waals surface area contributed by atoms with Gasteiger partial charge in [-0.05, 0) is 38.9 Å². The molecule has 14 heteroatoms. The van der Waals surface area contributed by atoms with Gasteiger partial charge in [0.2, 0.25) is 0 Å². The van der Waals surface area contributed by atoms with E-state index in [4.69, 9.17) is 9.47 Å². The van der Waals surface area contributed by atoms with E-state index >= 15 is 0 Å². The maximum Gasteiger partial charge on any atom is -0.693 e. The van der Waals surface area contributed by atoms with Gasteiger partial charge in [0.25, 0.3) is 0 Å². The molecule has 28 heavy (non-hydrogen) atoms. The van der Waals surface area contributed by atoms with E-state index in [1.807, 2.05) is 62.0 Å². The van der Waals surface area contributed by atoms with Crippen LogP contribution in [0, 0.1) is 13.3 Å². The summed E-state index contributed by atoms with van der Waals surface area (Å²) in [7, 11) is 4.02. The molecule has 2 heterocycles. The molecule has 2 aliphatic heterocycles. The van der Waals surface area contributed by atoms with Gasteiger partial charge in [-0.2, -0.15) is 13.3 Å². The minimum atomic E-state index is 0. The molecule has 0 amide bonds. The van der Waals surface area contributed by atoms with Crippen LogP contribution in [0.2, 0.25) is 0 Å². The quantitative estimate of drug-likeness (QED) is 0.168. The van der Waals surface area contributed by atoms with E-state index in [1.54, 1.807) is 0 Å². The summed E-state index contributed by atoms with van der Waals surface area (Å²) in [4.78, 5) is 8.24. The zero-order valence-corrected chi connectivity index (χ0v) is 28.8. The Bertz CT molecular complexity index is 358. The second-order valence-corrected chi connectivity index (χ2v) is 38.1. The van der Waals surface area contributed by atoms with Crippen molar-refractivity contribution in [1.82, 2.24) is 19.6 Å². The molecule has 0 radical (unpaired) electrons. The summed E-state index contributed by atoms with van der Waals surface area (Å²) in [6.07, 6.45) is 8.11. The third-order valence-electron chi connectivity index (χ3n) is 3.01. The van der Waals surface area contributed by atoms with Crippen LogP contribution in [0.5, 0.6) is 0 Å². The number of rotatable bonds is 9. The van der Waals surface area contributed by atoms with Gasteiger partial charge in [0.15, 0.2) is 0 Å². The topological polar surface area (TPSA) is 98.4 Å². The molecule has 0 bridgehead atoms. The van der Waals surface area contributed by atoms with Crippen LogP contribution in [0.3, 0.4) is 0 Å². The van der Waals surface area contributed by atoms with E-state index in [-0.39, 0.29) is 12.3 Å². The molecular weight excluding hydrogens is 1180 g/mol. The predicted octanol–water partition coefficient (Wildman–Crippen LogP) is 5.67. The Hall–Kier alpha value is 2.82. The van der Waals surface area contributed by atoms with Crippen molar-refractivity contribution >= 4 is 77.4 Å². The van der Waals surface area contributed by atoms with Gasteiger partial charge in [-0.15, -0.1) is 0 Å². The first-order valence-corrected chi connectivity index (χ1v) is 33.2. The second-order valence-electron chi connectivity index (χ2n) is 4.95. The molecular formula is C14H28I4N6O2Pt2. The molecule has 4 N–H and O–H groups in total. The molecule has 0 saturated heterocycles. The summed E-state index contributed by atoms with van der Waals surface area (Å²) in [5.41, 5.74) is 0. The summed E-state index contributed by atoms with van der Waals surface area (Å²) in [6.45, 7) is 8.55. The van der Waals surface area contributed by atoms with E-state index in [2.05, 4.69) is 87.2 Å². The number of nitrogens with zero attached hydrogens (tertiary/aromatic N) is 4. The third-order valence-corrected chi connectivity index (χ3v) is 3.01. The molecule has 2 aliphatic rings. The summed E-state index contributed by atoms with van der Waals surface area (Å²) >= 11 is 10.6. The summed E-state index contributed by atoms with van der Waals surface area (Å²) in [5, 5.41) is 0. The standard InChI is InChI=1S/C14H24N4O2.4HI.2H2N.2Pt/c1-15-3-5-17(13-15)7-9-19-11-12-20-10-8-18-6-4-16(2)14-18;;;;;;;;/h3-6,13-14H,7-12H2,1-2H3;4*1H;2*1H2;;/q-2;;;;;2*-1;2*+4/p-4. The van der Waals surface area contributed by atoms with Crippen LogP contribution in [-0.2, 0) is 31.9 Å². The zero-order chi connectivity index (χ0) is 19.6. The minimum Gasteiger partial charge on any atom is -0.693 e. The van der Waals surface area contributed by atoms with Crippen LogP contribution in [0.25, 0.3) is 12.3 Å². The van der Waals surface area contributed by atoms with Gasteiger partial charge >= 0.3 is 99.8 Å². The molecule has 0 fully saturated rings. The Morgan fingerprint density at radius 1 is 0.679 bits per heavy atom. The molecule has 8 nitrogen and oxygen atoms in total. The van der Waals surface area contributed by atoms with Crippen molar-refractivity contribution in [3.63, 3.8) is 0 Å². The Morgan fingerprint density at radius 3 is 1.25 bits per heavy atom. The maximum atomic E-state index is 5.54. The van der Waals surface area contributed by atoms with E-state index in [9.17, 15) is 0 Å². The van der Waals surface area contributed by atoms with Gasteiger partial charge in [0, 0.05) is 13.1 Å². The molecule has 0 atom stereocenters. The first-order chi connectivity index (χ1) is 12.6. The first-order valence-electron chi connectivity index (χ1n) is 7.39. The summed E-state index contributed by atoms with van der Waals surface area (Å²) in [6, 6.07) is 0. The van der Waals surface area contributed by atoms with Crippen LogP contribution in [0.1, 0.15) is 0 Å². The average molecular weight is 1210 g/mol. The number of hydrogen-bond donors (Lipinski definition) is 0. The number of halogens is 4. The van der Waals surface area contributed by atoms with Gasteiger partial charge < -0.3 is 41.4 Å². The van der Waals surface area contributed by atoms with Crippen molar-refractivity contribution in [2.45, 2.75) is 0 Å². The fraction of sp³-hybridized carbons (Fsp3) is 0.571. The zero-order valence-electron chi connectivity index (χ0n) is 15.6. The van der Waals surface area contributed by atoms with Crippen molar-refractivity contribution < 1.29 is 31.9 Å². The third kappa shape index (κ3) is 22.0. The minimum absolute atomic E-state index is 0. The molecule has 0 aromatic heterocycles. The maximum absolute atomic E-state index is 5.54.